The summed E-state index contributed by atoms with van der Waals surface area (Å²) in [5.41, 5.74) is 17.6. The van der Waals surface area contributed by atoms with E-state index >= 15 is 0 Å². The van der Waals surface area contributed by atoms with Crippen LogP contribution in [0.4, 0.5) is 0 Å². The van der Waals surface area contributed by atoms with Crippen LogP contribution in [0.2, 0.25) is 0 Å². The van der Waals surface area contributed by atoms with Gasteiger partial charge in [-0.05, 0) is 66.8 Å². The number of amidine groups is 1. The van der Waals surface area contributed by atoms with E-state index in [9.17, 15) is 0 Å². The summed E-state index contributed by atoms with van der Waals surface area (Å²) in [6, 6.07) is 87.1. The molecule has 2 atom stereocenters. The molecule has 1 spiro atoms. The van der Waals surface area contributed by atoms with E-state index < -0.39 is 10.8 Å². The molecule has 3 N–H and O–H groups in total. The van der Waals surface area contributed by atoms with Gasteiger partial charge in [0.05, 0.1) is 10.8 Å². The van der Waals surface area contributed by atoms with Crippen molar-refractivity contribution in [1.82, 2.24) is 5.32 Å². The van der Waals surface area contributed by atoms with E-state index in [0.29, 0.717) is 0 Å². The molecule has 3 aliphatic rings. The minimum Gasteiger partial charge on any atom is -0.317 e. The van der Waals surface area contributed by atoms with Gasteiger partial charge < -0.3 is 5.32 Å². The Balaban J connectivity index is 1.09. The largest absolute Gasteiger partial charge is 0.317 e. The van der Waals surface area contributed by atoms with Gasteiger partial charge in [-0.3, -0.25) is 5.32 Å². The van der Waals surface area contributed by atoms with Gasteiger partial charge in [0.15, 0.2) is 6.17 Å². The smallest absolute Gasteiger partial charge is 0.209 e. The van der Waals surface area contributed by atoms with E-state index in [2.05, 4.69) is 247 Å². The second-order valence-electron chi connectivity index (χ2n) is 16.7. The first-order valence-corrected chi connectivity index (χ1v) is 21.7. The fraction of sp³-hybridized carbons (Fsp3) is 0.0678. The zero-order valence-corrected chi connectivity index (χ0v) is 34.2. The van der Waals surface area contributed by atoms with E-state index in [4.69, 9.17) is 4.99 Å². The van der Waals surface area contributed by atoms with E-state index in [0.717, 1.165) is 11.4 Å². The van der Waals surface area contributed by atoms with Gasteiger partial charge in [-0.15, -0.1) is 0 Å². The number of nitrogens with one attached hydrogen (secondary N) is 1. The predicted octanol–water partition coefficient (Wildman–Crippen LogP) is 11.7. The second kappa shape index (κ2) is 14.6. The molecule has 1 heterocycles. The number of hydrogen-bond acceptors (Lipinski definition) is 2. The van der Waals surface area contributed by atoms with E-state index in [1.165, 1.54) is 77.9 Å². The third kappa shape index (κ3) is 5.32. The third-order valence-electron chi connectivity index (χ3n) is 13.7. The molecule has 0 radical (unpaired) electrons. The van der Waals surface area contributed by atoms with Gasteiger partial charge in [-0.1, -0.05) is 237 Å². The molecule has 2 unspecified atom stereocenters. The molecule has 0 amide bonds. The van der Waals surface area contributed by atoms with Gasteiger partial charge in [-0.25, -0.2) is 4.99 Å². The summed E-state index contributed by atoms with van der Waals surface area (Å²) in [5, 5.41) is 6.34. The Bertz CT molecular complexity index is 3030. The molecule has 2 aliphatic carbocycles. The molecule has 0 saturated heterocycles. The quantitative estimate of drug-likeness (QED) is 0.173. The van der Waals surface area contributed by atoms with Crippen molar-refractivity contribution >= 4 is 5.84 Å². The number of quaternary nitrogens is 1. The van der Waals surface area contributed by atoms with Crippen LogP contribution < -0.4 is 10.6 Å². The normalized spacial score (nSPS) is 17.5. The molecular formula is C59H44N3+. The van der Waals surface area contributed by atoms with Gasteiger partial charge in [0.2, 0.25) is 6.17 Å². The molecule has 3 heteroatoms. The van der Waals surface area contributed by atoms with Crippen molar-refractivity contribution in [2.45, 2.75) is 23.2 Å². The first kappa shape index (κ1) is 36.3. The number of hydrogen-bond donors (Lipinski definition) is 2. The van der Waals surface area contributed by atoms with Gasteiger partial charge in [0, 0.05) is 16.7 Å². The summed E-state index contributed by atoms with van der Waals surface area (Å²) in [6.07, 6.45) is -0.200. The Morgan fingerprint density at radius 2 is 0.806 bits per heavy atom. The van der Waals surface area contributed by atoms with Gasteiger partial charge in [0.1, 0.15) is 5.84 Å². The monoisotopic (exact) mass is 794 g/mol. The van der Waals surface area contributed by atoms with Crippen LogP contribution >= 0.6 is 0 Å². The fourth-order valence-corrected chi connectivity index (χ4v) is 11.1. The highest BCUT2D eigenvalue weighted by Gasteiger charge is 2.57. The molecule has 62 heavy (non-hydrogen) atoms. The maximum absolute atomic E-state index is 5.59. The van der Waals surface area contributed by atoms with Crippen LogP contribution in [0.15, 0.2) is 242 Å². The molecule has 9 aromatic rings. The first-order chi connectivity index (χ1) is 30.8. The van der Waals surface area contributed by atoms with Crippen molar-refractivity contribution in [1.29, 1.82) is 0 Å². The van der Waals surface area contributed by atoms with Crippen LogP contribution in [0.3, 0.4) is 0 Å². The minimum atomic E-state index is -0.588. The zero-order chi connectivity index (χ0) is 41.1. The van der Waals surface area contributed by atoms with Gasteiger partial charge in [-0.2, -0.15) is 0 Å². The van der Waals surface area contributed by atoms with Crippen molar-refractivity contribution in [3.8, 4) is 22.3 Å². The number of nitrogens with two attached hydrogens (primary N) is 1. The van der Waals surface area contributed by atoms with Crippen LogP contribution in [-0.4, -0.2) is 5.84 Å². The summed E-state index contributed by atoms with van der Waals surface area (Å²) in [4.78, 5) is 5.59. The molecule has 1 aliphatic heterocycles. The first-order valence-electron chi connectivity index (χ1n) is 21.7. The van der Waals surface area contributed by atoms with Crippen molar-refractivity contribution in [3.63, 3.8) is 0 Å². The molecule has 0 saturated carbocycles. The summed E-state index contributed by atoms with van der Waals surface area (Å²) < 4.78 is 0. The Hall–Kier alpha value is -7.59. The van der Waals surface area contributed by atoms with Crippen molar-refractivity contribution in [3.05, 3.63) is 298 Å². The molecule has 0 bridgehead atoms. The highest BCUT2D eigenvalue weighted by molar-refractivity contribution is 6.08. The van der Waals surface area contributed by atoms with E-state index in [-0.39, 0.29) is 12.3 Å². The minimum absolute atomic E-state index is 0.0625. The third-order valence-corrected chi connectivity index (χ3v) is 13.7. The molecule has 294 valence electrons. The maximum Gasteiger partial charge on any atom is 0.209 e. The summed E-state index contributed by atoms with van der Waals surface area (Å²) in [6.45, 7) is 0. The summed E-state index contributed by atoms with van der Waals surface area (Å²) in [5.74, 6) is 0.905. The molecule has 0 fully saturated rings. The predicted molar refractivity (Wildman–Crippen MR) is 251 cm³/mol. The van der Waals surface area contributed by atoms with E-state index in [1.807, 2.05) is 0 Å². The highest BCUT2D eigenvalue weighted by atomic mass is 15.3. The Morgan fingerprint density at radius 1 is 0.355 bits per heavy atom. The lowest BCUT2D eigenvalue weighted by molar-refractivity contribution is -0.739. The van der Waals surface area contributed by atoms with Crippen LogP contribution in [0.25, 0.3) is 22.3 Å². The zero-order valence-electron chi connectivity index (χ0n) is 34.2. The Labute approximate surface area is 363 Å². The average Bonchev–Trinajstić information content (AvgIpc) is 3.66. The lowest BCUT2D eigenvalue weighted by atomic mass is 9.51. The Morgan fingerprint density at radius 3 is 1.40 bits per heavy atom. The van der Waals surface area contributed by atoms with E-state index in [1.54, 1.807) is 0 Å². The SMILES string of the molecule is c1ccc(-c2ccc(C3NC(c4cccc5c4-c4ccccc4C54c5ccccc5C(c5ccccc5)(c5ccccc5)c5ccccc54)=NC(c4ccccc4)[NH2+]3)cc2)cc1. The number of nitrogens with zero attached hydrogens (tertiary/aromatic N) is 1. The number of benzene rings is 9. The molecule has 0 aromatic heterocycles. The van der Waals surface area contributed by atoms with Gasteiger partial charge >= 0.3 is 0 Å². The van der Waals surface area contributed by atoms with Crippen LogP contribution in [0, 0.1) is 0 Å². The molecule has 9 aromatic carbocycles. The lowest BCUT2D eigenvalue weighted by Gasteiger charge is -2.50. The number of fused-ring (bicyclic) bond motifs is 9. The van der Waals surface area contributed by atoms with Crippen molar-refractivity contribution in [2.24, 2.45) is 4.99 Å². The van der Waals surface area contributed by atoms with Crippen molar-refractivity contribution < 1.29 is 5.32 Å². The average molecular weight is 795 g/mol. The number of aliphatic imine (C=N–C) groups is 1. The van der Waals surface area contributed by atoms with Crippen LogP contribution in [0.5, 0.6) is 0 Å². The van der Waals surface area contributed by atoms with Gasteiger partial charge in [0.25, 0.3) is 0 Å². The lowest BCUT2D eigenvalue weighted by Crippen LogP contribution is -2.90. The topological polar surface area (TPSA) is 41.0 Å². The van der Waals surface area contributed by atoms with Crippen LogP contribution in [0.1, 0.15) is 73.5 Å². The highest BCUT2D eigenvalue weighted by Crippen LogP contribution is 2.64. The Kier molecular flexibility index (Phi) is 8.51. The number of rotatable bonds is 6. The molecule has 12 rings (SSSR count). The summed E-state index contributed by atoms with van der Waals surface area (Å²) >= 11 is 0. The second-order valence-corrected chi connectivity index (χ2v) is 16.7. The van der Waals surface area contributed by atoms with Crippen molar-refractivity contribution in [2.75, 3.05) is 0 Å². The molecular weight excluding hydrogens is 751 g/mol. The van der Waals surface area contributed by atoms with Crippen LogP contribution in [-0.2, 0) is 10.8 Å². The standard InChI is InChI=1S/C59H43N3/c1-5-20-40(21-6-1)41-36-38-43(39-37-41)56-60-55(42-22-7-2-8-23-42)61-57(62-56)47-29-19-35-53-54(47)46-28-13-14-30-48(46)59(53)51-33-17-15-31-49(51)58(44-24-9-3-10-25-44,45-26-11-4-12-27-45)50-32-16-18-34-52(50)59/h1-39,55-56,60H,(H,61,62)/p+1. The molecule has 3 nitrogen and oxygen atoms in total. The maximum atomic E-state index is 5.59. The fourth-order valence-electron chi connectivity index (χ4n) is 11.1. The summed E-state index contributed by atoms with van der Waals surface area (Å²) in [7, 11) is 0.